The van der Waals surface area contributed by atoms with Crippen LogP contribution in [0.4, 0.5) is 10.5 Å². The van der Waals surface area contributed by atoms with Crippen molar-refractivity contribution in [3.05, 3.63) is 29.8 Å². The van der Waals surface area contributed by atoms with Gasteiger partial charge in [0.05, 0.1) is 0 Å². The Morgan fingerprint density at radius 2 is 2.08 bits per heavy atom. The summed E-state index contributed by atoms with van der Waals surface area (Å²) in [6.45, 7) is 11.8. The molecule has 5 nitrogen and oxygen atoms in total. The minimum absolute atomic E-state index is 0.380. The van der Waals surface area contributed by atoms with Crippen LogP contribution in [0.1, 0.15) is 52.5 Å². The van der Waals surface area contributed by atoms with Crippen molar-refractivity contribution in [2.45, 2.75) is 65.1 Å². The third-order valence-electron chi connectivity index (χ3n) is 4.40. The van der Waals surface area contributed by atoms with Crippen LogP contribution in [0.5, 0.6) is 0 Å². The van der Waals surface area contributed by atoms with Gasteiger partial charge < -0.3 is 20.3 Å². The fraction of sp³-hybridized carbons (Fsp3) is 0.650. The summed E-state index contributed by atoms with van der Waals surface area (Å²) in [6, 6.07) is 8.78. The van der Waals surface area contributed by atoms with Gasteiger partial charge in [0.25, 0.3) is 0 Å². The molecule has 1 saturated heterocycles. The Bertz CT molecular complexity index is 554. The van der Waals surface area contributed by atoms with Gasteiger partial charge in [0.1, 0.15) is 5.60 Å². The van der Waals surface area contributed by atoms with Gasteiger partial charge in [0, 0.05) is 24.8 Å². The van der Waals surface area contributed by atoms with Crippen LogP contribution in [0.25, 0.3) is 0 Å². The van der Waals surface area contributed by atoms with E-state index in [4.69, 9.17) is 4.74 Å². The molecule has 0 radical (unpaired) electrons. The highest BCUT2D eigenvalue weighted by molar-refractivity contribution is 5.67. The van der Waals surface area contributed by atoms with Gasteiger partial charge in [0.15, 0.2) is 0 Å². The van der Waals surface area contributed by atoms with E-state index in [0.29, 0.717) is 12.6 Å². The number of likely N-dealkylation sites (tertiary alicyclic amines) is 1. The predicted molar refractivity (Wildman–Crippen MR) is 103 cm³/mol. The lowest BCUT2D eigenvalue weighted by atomic mass is 10.1. The molecule has 1 aliphatic rings. The maximum Gasteiger partial charge on any atom is 0.407 e. The third-order valence-corrected chi connectivity index (χ3v) is 4.40. The van der Waals surface area contributed by atoms with E-state index in [-0.39, 0.29) is 6.09 Å². The summed E-state index contributed by atoms with van der Waals surface area (Å²) in [7, 11) is 0. The Labute approximate surface area is 152 Å². The number of amides is 1. The summed E-state index contributed by atoms with van der Waals surface area (Å²) >= 11 is 0. The lowest BCUT2D eigenvalue weighted by Crippen LogP contribution is -2.32. The number of carbonyl (C=O) groups excluding carboxylic acids is 1. The van der Waals surface area contributed by atoms with Crippen LogP contribution in [0.3, 0.4) is 0 Å². The van der Waals surface area contributed by atoms with Crippen LogP contribution in [-0.2, 0) is 11.3 Å². The molecule has 1 heterocycles. The SMILES string of the molecule is CCN1CCCC(Nc2cccc(CNC(=O)OC(C)(C)C)c2)CC1. The van der Waals surface area contributed by atoms with Crippen LogP contribution < -0.4 is 10.6 Å². The second-order valence-electron chi connectivity index (χ2n) is 7.76. The van der Waals surface area contributed by atoms with E-state index in [1.165, 1.54) is 25.8 Å². The zero-order valence-electron chi connectivity index (χ0n) is 16.1. The van der Waals surface area contributed by atoms with Crippen molar-refractivity contribution in [1.82, 2.24) is 10.2 Å². The number of carbonyl (C=O) groups is 1. The smallest absolute Gasteiger partial charge is 0.407 e. The number of benzene rings is 1. The minimum atomic E-state index is -0.473. The number of rotatable bonds is 5. The maximum absolute atomic E-state index is 11.8. The Morgan fingerprint density at radius 3 is 2.80 bits per heavy atom. The van der Waals surface area contributed by atoms with Crippen molar-refractivity contribution in [1.29, 1.82) is 0 Å². The molecule has 0 saturated carbocycles. The van der Waals surface area contributed by atoms with Crippen molar-refractivity contribution in [2.75, 3.05) is 25.0 Å². The van der Waals surface area contributed by atoms with Gasteiger partial charge in [0.2, 0.25) is 0 Å². The molecular formula is C20H33N3O2. The zero-order valence-corrected chi connectivity index (χ0v) is 16.1. The van der Waals surface area contributed by atoms with Gasteiger partial charge >= 0.3 is 6.09 Å². The lowest BCUT2D eigenvalue weighted by Gasteiger charge is -2.20. The first kappa shape index (κ1) is 19.6. The van der Waals surface area contributed by atoms with E-state index in [0.717, 1.165) is 24.3 Å². The molecule has 2 rings (SSSR count). The van der Waals surface area contributed by atoms with Gasteiger partial charge in [-0.25, -0.2) is 4.79 Å². The molecule has 1 amide bonds. The maximum atomic E-state index is 11.8. The quantitative estimate of drug-likeness (QED) is 0.845. The molecule has 1 unspecified atom stereocenters. The van der Waals surface area contributed by atoms with E-state index in [1.54, 1.807) is 0 Å². The van der Waals surface area contributed by atoms with Gasteiger partial charge in [-0.1, -0.05) is 19.1 Å². The van der Waals surface area contributed by atoms with Crippen LogP contribution in [-0.4, -0.2) is 42.3 Å². The number of hydrogen-bond donors (Lipinski definition) is 2. The molecule has 1 atom stereocenters. The molecule has 0 bridgehead atoms. The molecule has 1 aromatic rings. The van der Waals surface area contributed by atoms with Crippen molar-refractivity contribution in [3.8, 4) is 0 Å². The number of anilines is 1. The third kappa shape index (κ3) is 7.34. The van der Waals surface area contributed by atoms with E-state index in [9.17, 15) is 4.79 Å². The van der Waals surface area contributed by atoms with E-state index in [1.807, 2.05) is 32.9 Å². The first-order valence-corrected chi connectivity index (χ1v) is 9.40. The fourth-order valence-electron chi connectivity index (χ4n) is 3.11. The molecule has 1 aliphatic heterocycles. The minimum Gasteiger partial charge on any atom is -0.444 e. The van der Waals surface area contributed by atoms with Gasteiger partial charge in [-0.15, -0.1) is 0 Å². The molecular weight excluding hydrogens is 314 g/mol. The number of hydrogen-bond acceptors (Lipinski definition) is 4. The van der Waals surface area contributed by atoms with Crippen molar-refractivity contribution >= 4 is 11.8 Å². The van der Waals surface area contributed by atoms with Crippen LogP contribution in [0.2, 0.25) is 0 Å². The summed E-state index contributed by atoms with van der Waals surface area (Å²) in [5, 5.41) is 6.48. The molecule has 140 valence electrons. The normalized spacial score (nSPS) is 19.1. The number of alkyl carbamates (subject to hydrolysis) is 1. The highest BCUT2D eigenvalue weighted by Gasteiger charge is 2.17. The van der Waals surface area contributed by atoms with Crippen LogP contribution in [0, 0.1) is 0 Å². The second-order valence-corrected chi connectivity index (χ2v) is 7.76. The Balaban J connectivity index is 1.85. The summed E-state index contributed by atoms with van der Waals surface area (Å²) in [5.74, 6) is 0. The van der Waals surface area contributed by atoms with Gasteiger partial charge in [-0.05, 0) is 70.8 Å². The second kappa shape index (κ2) is 9.09. The average Bonchev–Trinajstić information content (AvgIpc) is 2.77. The van der Waals surface area contributed by atoms with Gasteiger partial charge in [-0.2, -0.15) is 0 Å². The summed E-state index contributed by atoms with van der Waals surface area (Å²) < 4.78 is 5.28. The summed E-state index contributed by atoms with van der Waals surface area (Å²) in [6.07, 6.45) is 3.24. The molecule has 0 aromatic heterocycles. The Morgan fingerprint density at radius 1 is 1.28 bits per heavy atom. The van der Waals surface area contributed by atoms with Crippen molar-refractivity contribution < 1.29 is 9.53 Å². The monoisotopic (exact) mass is 347 g/mol. The molecule has 0 spiro atoms. The first-order valence-electron chi connectivity index (χ1n) is 9.40. The van der Waals surface area contributed by atoms with E-state index in [2.05, 4.69) is 34.6 Å². The Kier molecular flexibility index (Phi) is 7.12. The molecule has 0 aliphatic carbocycles. The topological polar surface area (TPSA) is 53.6 Å². The zero-order chi connectivity index (χ0) is 18.3. The fourth-order valence-corrected chi connectivity index (χ4v) is 3.11. The Hall–Kier alpha value is -1.75. The first-order chi connectivity index (χ1) is 11.9. The van der Waals surface area contributed by atoms with Gasteiger partial charge in [-0.3, -0.25) is 0 Å². The standard InChI is InChI=1S/C20H33N3O2/c1-5-23-12-7-10-17(11-13-23)22-18-9-6-8-16(14-18)15-21-19(24)25-20(2,3)4/h6,8-9,14,17,22H,5,7,10-13,15H2,1-4H3,(H,21,24). The molecule has 2 N–H and O–H groups in total. The molecule has 5 heteroatoms. The average molecular weight is 348 g/mol. The number of nitrogens with zero attached hydrogens (tertiary/aromatic N) is 1. The van der Waals surface area contributed by atoms with Crippen molar-refractivity contribution in [3.63, 3.8) is 0 Å². The summed E-state index contributed by atoms with van der Waals surface area (Å²) in [5.41, 5.74) is 1.72. The number of ether oxygens (including phenoxy) is 1. The summed E-state index contributed by atoms with van der Waals surface area (Å²) in [4.78, 5) is 14.3. The largest absolute Gasteiger partial charge is 0.444 e. The van der Waals surface area contributed by atoms with E-state index < -0.39 is 5.60 Å². The highest BCUT2D eigenvalue weighted by Crippen LogP contribution is 2.18. The number of nitrogens with one attached hydrogen (secondary N) is 2. The molecule has 1 aromatic carbocycles. The lowest BCUT2D eigenvalue weighted by molar-refractivity contribution is 0.0523. The van der Waals surface area contributed by atoms with E-state index >= 15 is 0 Å². The van der Waals surface area contributed by atoms with Crippen LogP contribution in [0.15, 0.2) is 24.3 Å². The predicted octanol–water partition coefficient (Wildman–Crippen LogP) is 4.00. The van der Waals surface area contributed by atoms with Crippen molar-refractivity contribution in [2.24, 2.45) is 0 Å². The van der Waals surface area contributed by atoms with Crippen LogP contribution >= 0.6 is 0 Å². The highest BCUT2D eigenvalue weighted by atomic mass is 16.6. The molecule has 25 heavy (non-hydrogen) atoms. The molecule has 1 fully saturated rings.